The second-order valence-corrected chi connectivity index (χ2v) is 7.56. The molecule has 0 fully saturated rings. The van der Waals surface area contributed by atoms with E-state index in [1.54, 1.807) is 19.1 Å². The van der Waals surface area contributed by atoms with Crippen LogP contribution in [0.15, 0.2) is 45.5 Å². The van der Waals surface area contributed by atoms with Crippen molar-refractivity contribution in [3.8, 4) is 0 Å². The summed E-state index contributed by atoms with van der Waals surface area (Å²) >= 11 is 1.48. The maximum Gasteiger partial charge on any atom is 0.336 e. The van der Waals surface area contributed by atoms with Crippen LogP contribution in [0.3, 0.4) is 0 Å². The Morgan fingerprint density at radius 3 is 2.68 bits per heavy atom. The quantitative estimate of drug-likeness (QED) is 0.330. The van der Waals surface area contributed by atoms with Gasteiger partial charge in [0.15, 0.2) is 5.16 Å². The number of unbranched alkanes of at least 4 members (excludes halogenated alkanes) is 1. The second-order valence-electron chi connectivity index (χ2n) is 6.48. The Kier molecular flexibility index (Phi) is 6.18. The number of thioether (sulfide) groups is 1. The number of carbonyl (C=O) groups excluding carboxylic acids is 1. The van der Waals surface area contributed by atoms with Crippen molar-refractivity contribution in [1.82, 2.24) is 9.97 Å². The third-order valence-electron chi connectivity index (χ3n) is 4.57. The van der Waals surface area contributed by atoms with Gasteiger partial charge in [-0.05, 0) is 31.0 Å². The number of halogens is 1. The molecule has 2 aromatic rings. The highest BCUT2D eigenvalue weighted by atomic mass is 32.2. The molecular weight excluding hydrogens is 381 g/mol. The molecule has 6 nitrogen and oxygen atoms in total. The number of anilines is 1. The number of nitrogens with zero attached hydrogens (tertiary/aromatic N) is 1. The van der Waals surface area contributed by atoms with Gasteiger partial charge in [0.2, 0.25) is 0 Å². The molecule has 1 aliphatic heterocycles. The van der Waals surface area contributed by atoms with Crippen LogP contribution in [-0.2, 0) is 9.53 Å². The van der Waals surface area contributed by atoms with Gasteiger partial charge in [0.25, 0.3) is 5.56 Å². The third-order valence-corrected chi connectivity index (χ3v) is 5.53. The minimum atomic E-state index is -0.699. The van der Waals surface area contributed by atoms with Crippen LogP contribution in [0.4, 0.5) is 10.2 Å². The molecule has 2 N–H and O–H groups in total. The average Bonchev–Trinajstić information content (AvgIpc) is 2.67. The summed E-state index contributed by atoms with van der Waals surface area (Å²) in [4.78, 5) is 32.7. The highest BCUT2D eigenvalue weighted by Crippen LogP contribution is 2.40. The Labute approximate surface area is 166 Å². The summed E-state index contributed by atoms with van der Waals surface area (Å²) in [6, 6.07) is 5.74. The summed E-state index contributed by atoms with van der Waals surface area (Å²) in [5.74, 6) is -0.391. The number of methoxy groups -OCH3 is 1. The van der Waals surface area contributed by atoms with E-state index in [1.807, 2.05) is 0 Å². The number of nitrogens with one attached hydrogen (secondary N) is 2. The van der Waals surface area contributed by atoms with Gasteiger partial charge < -0.3 is 15.0 Å². The Balaban J connectivity index is 2.13. The molecule has 1 aromatic carbocycles. The Morgan fingerprint density at radius 1 is 1.32 bits per heavy atom. The van der Waals surface area contributed by atoms with E-state index in [0.29, 0.717) is 33.4 Å². The zero-order valence-corrected chi connectivity index (χ0v) is 16.8. The van der Waals surface area contributed by atoms with Crippen LogP contribution in [0.5, 0.6) is 0 Å². The molecule has 28 heavy (non-hydrogen) atoms. The molecule has 0 radical (unpaired) electrons. The predicted molar refractivity (Wildman–Crippen MR) is 107 cm³/mol. The highest BCUT2D eigenvalue weighted by molar-refractivity contribution is 7.99. The van der Waals surface area contributed by atoms with Gasteiger partial charge in [0, 0.05) is 11.4 Å². The van der Waals surface area contributed by atoms with Crippen molar-refractivity contribution in [3.05, 3.63) is 62.8 Å². The molecule has 0 saturated heterocycles. The predicted octanol–water partition coefficient (Wildman–Crippen LogP) is 3.81. The summed E-state index contributed by atoms with van der Waals surface area (Å²) in [6.45, 7) is 3.83. The molecular formula is C20H22FN3O3S. The number of carbonyl (C=O) groups is 1. The molecule has 3 rings (SSSR count). The van der Waals surface area contributed by atoms with Crippen LogP contribution in [0.2, 0.25) is 0 Å². The smallest absolute Gasteiger partial charge is 0.336 e. The van der Waals surface area contributed by atoms with Crippen LogP contribution >= 0.6 is 11.8 Å². The van der Waals surface area contributed by atoms with E-state index in [2.05, 4.69) is 22.2 Å². The maximum atomic E-state index is 13.4. The van der Waals surface area contributed by atoms with Crippen molar-refractivity contribution in [2.45, 2.75) is 37.8 Å². The Bertz CT molecular complexity index is 970. The molecule has 0 saturated carbocycles. The molecule has 0 aliphatic carbocycles. The van der Waals surface area contributed by atoms with Crippen LogP contribution in [0.1, 0.15) is 43.7 Å². The van der Waals surface area contributed by atoms with Gasteiger partial charge in [-0.3, -0.25) is 4.79 Å². The number of hydrogen-bond acceptors (Lipinski definition) is 6. The first-order valence-corrected chi connectivity index (χ1v) is 10.0. The van der Waals surface area contributed by atoms with Gasteiger partial charge in [0.05, 0.1) is 24.2 Å². The lowest BCUT2D eigenvalue weighted by Crippen LogP contribution is -2.31. The largest absolute Gasteiger partial charge is 0.466 e. The monoisotopic (exact) mass is 403 g/mol. The van der Waals surface area contributed by atoms with Crippen LogP contribution in [0, 0.1) is 5.82 Å². The summed E-state index contributed by atoms with van der Waals surface area (Å²) < 4.78 is 18.4. The second kappa shape index (κ2) is 8.60. The van der Waals surface area contributed by atoms with Crippen LogP contribution in [0.25, 0.3) is 0 Å². The number of rotatable bonds is 6. The van der Waals surface area contributed by atoms with E-state index >= 15 is 0 Å². The zero-order chi connectivity index (χ0) is 20.3. The molecule has 0 amide bonds. The summed E-state index contributed by atoms with van der Waals surface area (Å²) in [5, 5.41) is 3.59. The van der Waals surface area contributed by atoms with Crippen molar-refractivity contribution >= 4 is 23.5 Å². The summed E-state index contributed by atoms with van der Waals surface area (Å²) in [6.07, 6.45) is 2.07. The SMILES string of the molecule is CCCCSc1nc2c(c(=O)[nH]1)[C@@H](c1ccc(F)cc1)C(C(=O)OC)=C(C)N2. The van der Waals surface area contributed by atoms with Crippen molar-refractivity contribution in [2.24, 2.45) is 0 Å². The number of aromatic nitrogens is 2. The molecule has 8 heteroatoms. The van der Waals surface area contributed by atoms with Gasteiger partial charge in [0.1, 0.15) is 11.6 Å². The minimum absolute atomic E-state index is 0.306. The Morgan fingerprint density at radius 2 is 2.04 bits per heavy atom. The number of esters is 1. The molecule has 1 aliphatic rings. The van der Waals surface area contributed by atoms with Crippen molar-refractivity contribution in [2.75, 3.05) is 18.2 Å². The minimum Gasteiger partial charge on any atom is -0.466 e. The van der Waals surface area contributed by atoms with E-state index in [4.69, 9.17) is 4.74 Å². The fraction of sp³-hybridized carbons (Fsp3) is 0.350. The van der Waals surface area contributed by atoms with Crippen molar-refractivity contribution < 1.29 is 13.9 Å². The normalized spacial score (nSPS) is 15.8. The topological polar surface area (TPSA) is 84.1 Å². The van der Waals surface area contributed by atoms with E-state index in [0.717, 1.165) is 18.6 Å². The number of allylic oxidation sites excluding steroid dienone is 1. The van der Waals surface area contributed by atoms with Gasteiger partial charge in [-0.15, -0.1) is 0 Å². The molecule has 2 heterocycles. The van der Waals surface area contributed by atoms with Crippen molar-refractivity contribution in [3.63, 3.8) is 0 Å². The van der Waals surface area contributed by atoms with E-state index in [-0.39, 0.29) is 5.56 Å². The van der Waals surface area contributed by atoms with Gasteiger partial charge in [-0.2, -0.15) is 0 Å². The molecule has 0 bridgehead atoms. The molecule has 1 atom stereocenters. The summed E-state index contributed by atoms with van der Waals surface area (Å²) in [5.41, 5.74) is 1.45. The van der Waals surface area contributed by atoms with E-state index < -0.39 is 17.7 Å². The third kappa shape index (κ3) is 3.96. The lowest BCUT2D eigenvalue weighted by atomic mass is 9.82. The lowest BCUT2D eigenvalue weighted by Gasteiger charge is -2.28. The molecule has 1 aromatic heterocycles. The number of ether oxygens (including phenoxy) is 1. The zero-order valence-electron chi connectivity index (χ0n) is 16.0. The first-order valence-electron chi connectivity index (χ1n) is 9.04. The van der Waals surface area contributed by atoms with Gasteiger partial charge in [-0.1, -0.05) is 37.2 Å². The average molecular weight is 403 g/mol. The number of H-pyrrole nitrogens is 1. The van der Waals surface area contributed by atoms with Crippen LogP contribution < -0.4 is 10.9 Å². The van der Waals surface area contributed by atoms with E-state index in [1.165, 1.54) is 31.0 Å². The lowest BCUT2D eigenvalue weighted by molar-refractivity contribution is -0.136. The maximum absolute atomic E-state index is 13.4. The van der Waals surface area contributed by atoms with Gasteiger partial charge >= 0.3 is 5.97 Å². The highest BCUT2D eigenvalue weighted by Gasteiger charge is 2.36. The number of benzene rings is 1. The number of hydrogen-bond donors (Lipinski definition) is 2. The fourth-order valence-corrected chi connectivity index (χ4v) is 4.13. The van der Waals surface area contributed by atoms with E-state index in [9.17, 15) is 14.0 Å². The van der Waals surface area contributed by atoms with Crippen molar-refractivity contribution in [1.29, 1.82) is 0 Å². The van der Waals surface area contributed by atoms with Crippen LogP contribution in [-0.4, -0.2) is 28.8 Å². The first kappa shape index (κ1) is 20.1. The summed E-state index contributed by atoms with van der Waals surface area (Å²) in [7, 11) is 1.29. The Hall–Kier alpha value is -2.61. The number of aromatic amines is 1. The fourth-order valence-electron chi connectivity index (χ4n) is 3.18. The number of fused-ring (bicyclic) bond motifs is 1. The molecule has 0 unspecified atom stereocenters. The molecule has 0 spiro atoms. The van der Waals surface area contributed by atoms with Gasteiger partial charge in [-0.25, -0.2) is 14.2 Å². The standard InChI is InChI=1S/C20H22FN3O3S/c1-4-5-10-28-20-23-17-16(18(25)24-20)15(12-6-8-13(21)9-7-12)14(11(2)22-17)19(26)27-3/h6-9,15H,4-5,10H2,1-3H3,(H2,22,23,24,25)/t15-/m0/s1. The first-order chi connectivity index (χ1) is 13.5. The molecule has 148 valence electrons.